The lowest BCUT2D eigenvalue weighted by atomic mass is 9.86. The highest BCUT2D eigenvalue weighted by Gasteiger charge is 2.17. The maximum absolute atomic E-state index is 4.53. The number of pyridine rings is 1. The highest BCUT2D eigenvalue weighted by atomic mass is 14.6. The molecule has 0 unspecified atom stereocenters. The van der Waals surface area contributed by atoms with Crippen LogP contribution in [0.4, 0.5) is 0 Å². The summed E-state index contributed by atoms with van der Waals surface area (Å²) in [6.45, 7) is 4.35. The maximum Gasteiger partial charge on any atom is 0.0353 e. The molecule has 0 amide bonds. The number of nitrogens with zero attached hydrogens (tertiary/aromatic N) is 1. The van der Waals surface area contributed by atoms with E-state index in [-0.39, 0.29) is 0 Å². The van der Waals surface area contributed by atoms with Gasteiger partial charge in [0.25, 0.3) is 0 Å². The van der Waals surface area contributed by atoms with Gasteiger partial charge in [-0.05, 0) is 86.3 Å². The number of fused-ring (bicyclic) bond motifs is 3. The molecule has 0 spiro atoms. The first kappa shape index (κ1) is 18.8. The van der Waals surface area contributed by atoms with Crippen LogP contribution in [0.2, 0.25) is 0 Å². The van der Waals surface area contributed by atoms with Crippen molar-refractivity contribution in [1.82, 2.24) is 4.98 Å². The van der Waals surface area contributed by atoms with Crippen LogP contribution in [0.1, 0.15) is 11.1 Å². The van der Waals surface area contributed by atoms with Gasteiger partial charge in [-0.1, -0.05) is 78.9 Å². The van der Waals surface area contributed by atoms with E-state index in [0.717, 1.165) is 0 Å². The van der Waals surface area contributed by atoms with Gasteiger partial charge < -0.3 is 0 Å². The van der Waals surface area contributed by atoms with Gasteiger partial charge in [0, 0.05) is 17.8 Å². The Morgan fingerprint density at radius 1 is 0.500 bits per heavy atom. The van der Waals surface area contributed by atoms with Gasteiger partial charge >= 0.3 is 0 Å². The van der Waals surface area contributed by atoms with Gasteiger partial charge in [0.05, 0.1) is 0 Å². The van der Waals surface area contributed by atoms with Crippen molar-refractivity contribution in [3.05, 3.63) is 115 Å². The van der Waals surface area contributed by atoms with Crippen LogP contribution >= 0.6 is 0 Å². The topological polar surface area (TPSA) is 12.9 Å². The van der Waals surface area contributed by atoms with E-state index in [0.29, 0.717) is 0 Å². The summed E-state index contributed by atoms with van der Waals surface area (Å²) in [5, 5.41) is 7.49. The van der Waals surface area contributed by atoms with E-state index < -0.39 is 0 Å². The van der Waals surface area contributed by atoms with E-state index in [1.165, 1.54) is 65.7 Å². The first-order valence-corrected chi connectivity index (χ1v) is 11.1. The maximum atomic E-state index is 4.53. The Labute approximate surface area is 188 Å². The fraction of sp³-hybridized carbons (Fsp3) is 0.0645. The standard InChI is InChI=1S/C31H23N/c1-20-11-12-24(17-21(20)2)31-27-10-6-5-9-26(27)30(28-15-16-32-19-29(28)31)25-14-13-22-7-3-4-8-23(22)18-25/h3-19H,1-2H3. The zero-order valence-electron chi connectivity index (χ0n) is 18.3. The Kier molecular flexibility index (Phi) is 4.29. The summed E-state index contributed by atoms with van der Waals surface area (Å²) in [6.07, 6.45) is 3.93. The Balaban J connectivity index is 1.76. The molecule has 0 fully saturated rings. The summed E-state index contributed by atoms with van der Waals surface area (Å²) in [7, 11) is 0. The van der Waals surface area contributed by atoms with Gasteiger partial charge in [-0.25, -0.2) is 0 Å². The second-order valence-electron chi connectivity index (χ2n) is 8.58. The highest BCUT2D eigenvalue weighted by molar-refractivity contribution is 6.21. The molecule has 0 N–H and O–H groups in total. The molecule has 1 aromatic heterocycles. The summed E-state index contributed by atoms with van der Waals surface area (Å²) >= 11 is 0. The number of aromatic nitrogens is 1. The molecule has 0 saturated heterocycles. The molecular formula is C31H23N. The molecular weight excluding hydrogens is 386 g/mol. The van der Waals surface area contributed by atoms with E-state index in [1.54, 1.807) is 0 Å². The molecule has 5 aromatic carbocycles. The summed E-state index contributed by atoms with van der Waals surface area (Å²) in [6, 6.07) is 33.1. The molecule has 0 aliphatic heterocycles. The van der Waals surface area contributed by atoms with Crippen LogP contribution < -0.4 is 0 Å². The van der Waals surface area contributed by atoms with Gasteiger partial charge in [-0.3, -0.25) is 4.98 Å². The first-order valence-electron chi connectivity index (χ1n) is 11.1. The molecule has 0 bridgehead atoms. The van der Waals surface area contributed by atoms with Crippen molar-refractivity contribution in [1.29, 1.82) is 0 Å². The molecule has 0 aliphatic rings. The molecule has 1 heterocycles. The van der Waals surface area contributed by atoms with E-state index in [4.69, 9.17) is 0 Å². The number of hydrogen-bond donors (Lipinski definition) is 0. The third kappa shape index (κ3) is 2.90. The molecule has 0 saturated carbocycles. The van der Waals surface area contributed by atoms with Crippen LogP contribution in [-0.4, -0.2) is 4.98 Å². The minimum absolute atomic E-state index is 1.19. The fourth-order valence-electron chi connectivity index (χ4n) is 4.88. The second-order valence-corrected chi connectivity index (χ2v) is 8.58. The normalized spacial score (nSPS) is 11.4. The SMILES string of the molecule is Cc1ccc(-c2c3ccccc3c(-c3ccc4ccccc4c3)c3ccncc23)cc1C. The summed E-state index contributed by atoms with van der Waals surface area (Å²) < 4.78 is 0. The number of hydrogen-bond acceptors (Lipinski definition) is 1. The predicted molar refractivity (Wildman–Crippen MR) is 137 cm³/mol. The predicted octanol–water partition coefficient (Wildman–Crippen LogP) is 8.49. The van der Waals surface area contributed by atoms with Gasteiger partial charge in [-0.15, -0.1) is 0 Å². The lowest BCUT2D eigenvalue weighted by Crippen LogP contribution is -1.92. The fourth-order valence-corrected chi connectivity index (χ4v) is 4.88. The molecule has 1 heteroatoms. The minimum atomic E-state index is 1.19. The first-order chi connectivity index (χ1) is 15.7. The van der Waals surface area contributed by atoms with Crippen LogP contribution in [0.5, 0.6) is 0 Å². The summed E-state index contributed by atoms with van der Waals surface area (Å²) in [4.78, 5) is 4.53. The monoisotopic (exact) mass is 409 g/mol. The van der Waals surface area contributed by atoms with E-state index in [9.17, 15) is 0 Å². The van der Waals surface area contributed by atoms with E-state index in [2.05, 4.69) is 110 Å². The van der Waals surface area contributed by atoms with Crippen LogP contribution in [0.25, 0.3) is 54.6 Å². The molecule has 32 heavy (non-hydrogen) atoms. The average Bonchev–Trinajstić information content (AvgIpc) is 2.84. The number of rotatable bonds is 2. The Morgan fingerprint density at radius 3 is 1.91 bits per heavy atom. The van der Waals surface area contributed by atoms with E-state index in [1.807, 2.05) is 12.4 Å². The van der Waals surface area contributed by atoms with Gasteiger partial charge in [-0.2, -0.15) is 0 Å². The Morgan fingerprint density at radius 2 is 1.12 bits per heavy atom. The van der Waals surface area contributed by atoms with Crippen molar-refractivity contribution in [2.75, 3.05) is 0 Å². The van der Waals surface area contributed by atoms with Crippen molar-refractivity contribution in [3.8, 4) is 22.3 Å². The van der Waals surface area contributed by atoms with Crippen LogP contribution in [0.3, 0.4) is 0 Å². The average molecular weight is 410 g/mol. The van der Waals surface area contributed by atoms with Gasteiger partial charge in [0.15, 0.2) is 0 Å². The second kappa shape index (κ2) is 7.32. The Hall–Kier alpha value is -3.97. The molecule has 6 rings (SSSR count). The Bertz CT molecular complexity index is 1590. The molecule has 1 nitrogen and oxygen atoms in total. The molecule has 0 aliphatic carbocycles. The van der Waals surface area contributed by atoms with Gasteiger partial charge in [0.1, 0.15) is 0 Å². The minimum Gasteiger partial charge on any atom is -0.264 e. The van der Waals surface area contributed by atoms with Crippen molar-refractivity contribution in [3.63, 3.8) is 0 Å². The third-order valence-corrected chi connectivity index (χ3v) is 6.66. The zero-order chi connectivity index (χ0) is 21.7. The van der Waals surface area contributed by atoms with Crippen LogP contribution in [-0.2, 0) is 0 Å². The summed E-state index contributed by atoms with van der Waals surface area (Å²) in [5.41, 5.74) is 7.64. The van der Waals surface area contributed by atoms with Crippen LogP contribution in [0, 0.1) is 13.8 Å². The third-order valence-electron chi connectivity index (χ3n) is 6.66. The zero-order valence-corrected chi connectivity index (χ0v) is 18.3. The number of aryl methyl sites for hydroxylation is 2. The molecule has 0 radical (unpaired) electrons. The van der Waals surface area contributed by atoms with Crippen molar-refractivity contribution in [2.24, 2.45) is 0 Å². The number of benzene rings is 5. The van der Waals surface area contributed by atoms with Crippen molar-refractivity contribution >= 4 is 32.3 Å². The lowest BCUT2D eigenvalue weighted by molar-refractivity contribution is 1.34. The van der Waals surface area contributed by atoms with Crippen molar-refractivity contribution < 1.29 is 0 Å². The molecule has 6 aromatic rings. The summed E-state index contributed by atoms with van der Waals surface area (Å²) in [5.74, 6) is 0. The highest BCUT2D eigenvalue weighted by Crippen LogP contribution is 2.43. The smallest absolute Gasteiger partial charge is 0.0353 e. The lowest BCUT2D eigenvalue weighted by Gasteiger charge is -2.18. The van der Waals surface area contributed by atoms with Crippen molar-refractivity contribution in [2.45, 2.75) is 13.8 Å². The quantitative estimate of drug-likeness (QED) is 0.261. The molecule has 0 atom stereocenters. The van der Waals surface area contributed by atoms with Crippen LogP contribution in [0.15, 0.2) is 103 Å². The molecule has 152 valence electrons. The van der Waals surface area contributed by atoms with Gasteiger partial charge in [0.2, 0.25) is 0 Å². The van der Waals surface area contributed by atoms with E-state index >= 15 is 0 Å². The largest absolute Gasteiger partial charge is 0.264 e.